The Bertz CT molecular complexity index is 868. The van der Waals surface area contributed by atoms with E-state index in [0.717, 1.165) is 18.2 Å². The van der Waals surface area contributed by atoms with Crippen molar-refractivity contribution < 1.29 is 45.0 Å². The van der Waals surface area contributed by atoms with E-state index in [4.69, 9.17) is 0 Å². The maximum absolute atomic E-state index is 13.5. The molecule has 0 spiro atoms. The molecule has 0 saturated heterocycles. The Labute approximate surface area is 173 Å². The number of benzene rings is 1. The molecule has 0 fully saturated rings. The fraction of sp³-hybridized carbons (Fsp3) is 0.294. The molecule has 1 heterocycles. The van der Waals surface area contributed by atoms with E-state index in [0.29, 0.717) is 0 Å². The molecule has 0 bridgehead atoms. The van der Waals surface area contributed by atoms with Crippen LogP contribution in [-0.2, 0) is 11.2 Å². The minimum atomic E-state index is -4.71. The monoisotopic (exact) mass is 504 g/mol. The molecule has 1 aromatic carbocycles. The molecule has 2 rings (SSSR count). The van der Waals surface area contributed by atoms with Crippen LogP contribution in [0.25, 0.3) is 0 Å². The molecular formula is C17H12BrF7N2O3. The van der Waals surface area contributed by atoms with E-state index < -0.39 is 55.3 Å². The van der Waals surface area contributed by atoms with Gasteiger partial charge in [0.2, 0.25) is 11.8 Å². The largest absolute Gasteiger partial charge is 0.484 e. The Morgan fingerprint density at radius 3 is 2.23 bits per heavy atom. The fourth-order valence-corrected chi connectivity index (χ4v) is 2.29. The van der Waals surface area contributed by atoms with Crippen LogP contribution in [0.2, 0.25) is 0 Å². The third-order valence-corrected chi connectivity index (χ3v) is 3.80. The van der Waals surface area contributed by atoms with Crippen molar-refractivity contribution in [1.82, 2.24) is 4.98 Å². The van der Waals surface area contributed by atoms with Gasteiger partial charge in [-0.25, -0.2) is 9.37 Å². The van der Waals surface area contributed by atoms with Gasteiger partial charge in [0.25, 0.3) is 0 Å². The summed E-state index contributed by atoms with van der Waals surface area (Å²) in [6, 6.07) is 5.41. The molecule has 0 saturated carbocycles. The quantitative estimate of drug-likeness (QED) is 0.536. The molecule has 0 aliphatic heterocycles. The molecule has 13 heteroatoms. The first-order valence-corrected chi connectivity index (χ1v) is 8.75. The van der Waals surface area contributed by atoms with E-state index in [1.807, 2.05) is 0 Å². The number of hydrogen-bond acceptors (Lipinski definition) is 4. The first kappa shape index (κ1) is 23.7. The normalized spacial score (nSPS) is 11.9. The summed E-state index contributed by atoms with van der Waals surface area (Å²) in [5, 5.41) is 2.33. The molecule has 30 heavy (non-hydrogen) atoms. The van der Waals surface area contributed by atoms with Crippen molar-refractivity contribution in [3.63, 3.8) is 0 Å². The highest BCUT2D eigenvalue weighted by Crippen LogP contribution is 2.25. The molecule has 1 aromatic heterocycles. The molecule has 2 aromatic rings. The van der Waals surface area contributed by atoms with Crippen LogP contribution >= 0.6 is 15.9 Å². The minimum Gasteiger partial charge on any atom is -0.484 e. The Kier molecular flexibility index (Phi) is 7.50. The summed E-state index contributed by atoms with van der Waals surface area (Å²) in [4.78, 5) is 15.8. The molecule has 1 N–H and O–H groups in total. The average Bonchev–Trinajstić information content (AvgIpc) is 2.60. The first-order chi connectivity index (χ1) is 13.8. The van der Waals surface area contributed by atoms with E-state index in [2.05, 4.69) is 35.7 Å². The van der Waals surface area contributed by atoms with Crippen molar-refractivity contribution in [2.45, 2.75) is 18.8 Å². The topological polar surface area (TPSA) is 60.5 Å². The van der Waals surface area contributed by atoms with E-state index >= 15 is 0 Å². The second-order valence-electron chi connectivity index (χ2n) is 5.79. The summed E-state index contributed by atoms with van der Waals surface area (Å²) in [6.07, 6.45) is -9.96. The number of aromatic nitrogens is 1. The van der Waals surface area contributed by atoms with Gasteiger partial charge in [0.05, 0.1) is 16.6 Å². The van der Waals surface area contributed by atoms with Gasteiger partial charge in [-0.15, -0.1) is 0 Å². The molecule has 0 atom stereocenters. The number of nitrogens with zero attached hydrogens (tertiary/aromatic N) is 1. The number of halogens is 8. The zero-order chi connectivity index (χ0) is 22.5. The molecule has 0 radical (unpaired) electrons. The highest BCUT2D eigenvalue weighted by atomic mass is 79.9. The van der Waals surface area contributed by atoms with Crippen LogP contribution in [0, 0.1) is 5.82 Å². The lowest BCUT2D eigenvalue weighted by atomic mass is 10.2. The van der Waals surface area contributed by atoms with Gasteiger partial charge in [-0.05, 0) is 34.1 Å². The van der Waals surface area contributed by atoms with E-state index in [1.54, 1.807) is 0 Å². The summed E-state index contributed by atoms with van der Waals surface area (Å²) >= 11 is 2.94. The zero-order valence-electron chi connectivity index (χ0n) is 14.7. The number of anilines is 1. The Hall–Kier alpha value is -2.57. The van der Waals surface area contributed by atoms with Crippen molar-refractivity contribution in [2.24, 2.45) is 0 Å². The number of carbonyl (C=O) groups is 1. The molecular weight excluding hydrogens is 493 g/mol. The van der Waals surface area contributed by atoms with Crippen LogP contribution in [0.4, 0.5) is 36.4 Å². The number of alkyl halides is 6. The van der Waals surface area contributed by atoms with Gasteiger partial charge in [0.15, 0.2) is 13.2 Å². The first-order valence-electron chi connectivity index (χ1n) is 7.96. The molecule has 0 aliphatic rings. The van der Waals surface area contributed by atoms with Gasteiger partial charge < -0.3 is 14.8 Å². The maximum atomic E-state index is 13.5. The molecule has 0 unspecified atom stereocenters. The second kappa shape index (κ2) is 9.49. The summed E-state index contributed by atoms with van der Waals surface area (Å²) in [5.41, 5.74) is -0.138. The summed E-state index contributed by atoms with van der Waals surface area (Å²) in [7, 11) is 0. The lowest BCUT2D eigenvalue weighted by Crippen LogP contribution is -2.21. The number of ether oxygens (including phenoxy) is 2. The Morgan fingerprint density at radius 1 is 1.00 bits per heavy atom. The highest BCUT2D eigenvalue weighted by molar-refractivity contribution is 9.10. The SMILES string of the molecule is O=C(Cc1cc(OCC(F)(F)F)cc(OCC(F)(F)F)n1)Nc1ccc(Br)c(F)c1. The molecule has 0 aliphatic carbocycles. The predicted molar refractivity (Wildman–Crippen MR) is 93.8 cm³/mol. The number of rotatable bonds is 7. The van der Waals surface area contributed by atoms with Gasteiger partial charge in [-0.3, -0.25) is 4.79 Å². The van der Waals surface area contributed by atoms with E-state index in [1.165, 1.54) is 12.1 Å². The van der Waals surface area contributed by atoms with Crippen LogP contribution in [-0.4, -0.2) is 36.5 Å². The van der Waals surface area contributed by atoms with Crippen molar-refractivity contribution in [3.8, 4) is 11.6 Å². The Morgan fingerprint density at radius 2 is 1.63 bits per heavy atom. The number of pyridine rings is 1. The van der Waals surface area contributed by atoms with Crippen molar-refractivity contribution in [3.05, 3.63) is 46.3 Å². The van der Waals surface area contributed by atoms with Gasteiger partial charge >= 0.3 is 12.4 Å². The van der Waals surface area contributed by atoms with E-state index in [9.17, 15) is 35.5 Å². The molecule has 164 valence electrons. The lowest BCUT2D eigenvalue weighted by molar-refractivity contribution is -0.154. The fourth-order valence-electron chi connectivity index (χ4n) is 2.05. The number of hydrogen-bond donors (Lipinski definition) is 1. The van der Waals surface area contributed by atoms with E-state index in [-0.39, 0.29) is 15.9 Å². The summed E-state index contributed by atoms with van der Waals surface area (Å²) < 4.78 is 96.6. The van der Waals surface area contributed by atoms with Gasteiger partial charge in [0.1, 0.15) is 11.6 Å². The zero-order valence-corrected chi connectivity index (χ0v) is 16.3. The third-order valence-electron chi connectivity index (χ3n) is 3.16. The Balaban J connectivity index is 2.16. The van der Waals surface area contributed by atoms with Crippen molar-refractivity contribution in [2.75, 3.05) is 18.5 Å². The maximum Gasteiger partial charge on any atom is 0.422 e. The summed E-state index contributed by atoms with van der Waals surface area (Å²) in [6.45, 7) is -3.45. The molecule has 1 amide bonds. The van der Waals surface area contributed by atoms with Gasteiger partial charge in [0, 0.05) is 17.8 Å². The van der Waals surface area contributed by atoms with Crippen molar-refractivity contribution >= 4 is 27.5 Å². The number of nitrogens with one attached hydrogen (secondary N) is 1. The lowest BCUT2D eigenvalue weighted by Gasteiger charge is -2.13. The smallest absolute Gasteiger partial charge is 0.422 e. The van der Waals surface area contributed by atoms with Crippen LogP contribution in [0.1, 0.15) is 5.69 Å². The minimum absolute atomic E-state index is 0.0821. The summed E-state index contributed by atoms with van der Waals surface area (Å²) in [5.74, 6) is -2.57. The highest BCUT2D eigenvalue weighted by Gasteiger charge is 2.30. The number of amides is 1. The third kappa shape index (κ3) is 8.43. The predicted octanol–water partition coefficient (Wildman–Crippen LogP) is 5.05. The van der Waals surface area contributed by atoms with Crippen molar-refractivity contribution in [1.29, 1.82) is 0 Å². The van der Waals surface area contributed by atoms with Gasteiger partial charge in [-0.2, -0.15) is 26.3 Å². The van der Waals surface area contributed by atoms with Crippen LogP contribution in [0.15, 0.2) is 34.8 Å². The van der Waals surface area contributed by atoms with Crippen LogP contribution < -0.4 is 14.8 Å². The van der Waals surface area contributed by atoms with Crippen LogP contribution in [0.5, 0.6) is 11.6 Å². The van der Waals surface area contributed by atoms with Crippen LogP contribution in [0.3, 0.4) is 0 Å². The standard InChI is InChI=1S/C17H12BrF7N2O3/c18-12-2-1-9(4-13(12)19)26-14(28)5-10-3-11(29-7-16(20,21)22)6-15(27-10)30-8-17(23,24)25/h1-4,6H,5,7-8H2,(H,26,28). The molecule has 5 nitrogen and oxygen atoms in total. The van der Waals surface area contributed by atoms with Gasteiger partial charge in [-0.1, -0.05) is 0 Å². The number of carbonyl (C=O) groups excluding carboxylic acids is 1. The average molecular weight is 505 g/mol. The second-order valence-corrected chi connectivity index (χ2v) is 6.65.